The Labute approximate surface area is 107 Å². The van der Waals surface area contributed by atoms with E-state index in [-0.39, 0.29) is 6.42 Å². The Morgan fingerprint density at radius 2 is 1.83 bits per heavy atom. The molecule has 0 aromatic carbocycles. The van der Waals surface area contributed by atoms with Crippen LogP contribution in [0.2, 0.25) is 0 Å². The predicted octanol–water partition coefficient (Wildman–Crippen LogP) is 1.58. The number of aliphatic hydroxyl groups is 1. The highest BCUT2D eigenvalue weighted by atomic mass is 16.6. The summed E-state index contributed by atoms with van der Waals surface area (Å²) in [5.74, 6) is -2.24. The van der Waals surface area contributed by atoms with Crippen molar-refractivity contribution in [2.45, 2.75) is 58.7 Å². The minimum absolute atomic E-state index is 0.0895. The molecule has 5 nitrogen and oxygen atoms in total. The molecular weight excluding hydrogens is 236 g/mol. The van der Waals surface area contributed by atoms with Crippen molar-refractivity contribution in [3.63, 3.8) is 0 Å². The Morgan fingerprint density at radius 3 is 2.28 bits per heavy atom. The molecule has 0 unspecified atom stereocenters. The van der Waals surface area contributed by atoms with Crippen LogP contribution in [0.15, 0.2) is 0 Å². The summed E-state index contributed by atoms with van der Waals surface area (Å²) in [5.41, 5.74) is -1.88. The zero-order valence-electron chi connectivity index (χ0n) is 11.4. The molecule has 0 amide bonds. The van der Waals surface area contributed by atoms with Gasteiger partial charge in [0.25, 0.3) is 0 Å². The summed E-state index contributed by atoms with van der Waals surface area (Å²) in [6.07, 6.45) is 0.211. The number of carboxylic acids is 1. The lowest BCUT2D eigenvalue weighted by molar-refractivity contribution is -0.178. The van der Waals surface area contributed by atoms with Crippen LogP contribution in [0.3, 0.4) is 0 Å². The third kappa shape index (κ3) is 3.22. The highest BCUT2D eigenvalue weighted by Gasteiger charge is 2.50. The molecular formula is C13H22O5. The largest absolute Gasteiger partial charge is 0.481 e. The van der Waals surface area contributed by atoms with Gasteiger partial charge in [0.05, 0.1) is 17.4 Å². The summed E-state index contributed by atoms with van der Waals surface area (Å²) in [5, 5.41) is 18.9. The fourth-order valence-corrected chi connectivity index (χ4v) is 2.40. The topological polar surface area (TPSA) is 83.8 Å². The van der Waals surface area contributed by atoms with Crippen molar-refractivity contribution in [3.8, 4) is 0 Å². The van der Waals surface area contributed by atoms with Crippen molar-refractivity contribution in [2.24, 2.45) is 11.3 Å². The second-order valence-corrected chi connectivity index (χ2v) is 6.24. The van der Waals surface area contributed by atoms with Gasteiger partial charge in [0.2, 0.25) is 0 Å². The van der Waals surface area contributed by atoms with E-state index >= 15 is 0 Å². The van der Waals surface area contributed by atoms with Crippen LogP contribution in [0.25, 0.3) is 0 Å². The molecule has 5 heteroatoms. The third-order valence-electron chi connectivity index (χ3n) is 3.40. The first-order chi connectivity index (χ1) is 8.06. The van der Waals surface area contributed by atoms with Crippen molar-refractivity contribution < 1.29 is 24.5 Å². The van der Waals surface area contributed by atoms with Crippen LogP contribution in [0, 0.1) is 11.3 Å². The number of carbonyl (C=O) groups excluding carboxylic acids is 1. The number of hydrogen-bond donors (Lipinski definition) is 2. The summed E-state index contributed by atoms with van der Waals surface area (Å²) in [6.45, 7) is 6.76. The molecule has 2 N–H and O–H groups in total. The van der Waals surface area contributed by atoms with Crippen LogP contribution >= 0.6 is 0 Å². The molecule has 1 aliphatic rings. The quantitative estimate of drug-likeness (QED) is 0.735. The molecule has 0 spiro atoms. The first-order valence-corrected chi connectivity index (χ1v) is 6.20. The standard InChI is InChI=1S/C13H22O5/c1-12(2,3)18-10(15)9-6-5-8(14)7-13(9,4)11(16)17/h8-9,14H,5-7H2,1-4H3,(H,16,17)/t8-,9+,13-/m0/s1. The number of aliphatic carboxylic acids is 1. The van der Waals surface area contributed by atoms with Gasteiger partial charge >= 0.3 is 11.9 Å². The van der Waals surface area contributed by atoms with Crippen molar-refractivity contribution >= 4 is 11.9 Å². The van der Waals surface area contributed by atoms with Crippen LogP contribution in [0.4, 0.5) is 0 Å². The fourth-order valence-electron chi connectivity index (χ4n) is 2.40. The van der Waals surface area contributed by atoms with Gasteiger partial charge in [0, 0.05) is 0 Å². The van der Waals surface area contributed by atoms with E-state index in [4.69, 9.17) is 4.74 Å². The number of esters is 1. The summed E-state index contributed by atoms with van der Waals surface area (Å²) in [6, 6.07) is 0. The zero-order chi connectivity index (χ0) is 14.1. The molecule has 0 saturated heterocycles. The van der Waals surface area contributed by atoms with E-state index in [0.29, 0.717) is 12.8 Å². The number of aliphatic hydroxyl groups excluding tert-OH is 1. The van der Waals surface area contributed by atoms with Crippen LogP contribution in [-0.2, 0) is 14.3 Å². The fraction of sp³-hybridized carbons (Fsp3) is 0.846. The van der Waals surface area contributed by atoms with Gasteiger partial charge in [-0.15, -0.1) is 0 Å². The molecule has 0 aromatic heterocycles. The summed E-state index contributed by atoms with van der Waals surface area (Å²) >= 11 is 0. The molecule has 18 heavy (non-hydrogen) atoms. The van der Waals surface area contributed by atoms with Gasteiger partial charge in [0.1, 0.15) is 5.60 Å². The molecule has 3 atom stereocenters. The Kier molecular flexibility index (Phi) is 4.05. The maximum absolute atomic E-state index is 12.1. The average Bonchev–Trinajstić information content (AvgIpc) is 2.13. The van der Waals surface area contributed by atoms with Gasteiger partial charge < -0.3 is 14.9 Å². The molecule has 0 radical (unpaired) electrons. The van der Waals surface area contributed by atoms with E-state index < -0.39 is 35.0 Å². The zero-order valence-corrected chi connectivity index (χ0v) is 11.4. The minimum atomic E-state index is -1.25. The molecule has 1 fully saturated rings. The van der Waals surface area contributed by atoms with Crippen LogP contribution in [0.1, 0.15) is 47.0 Å². The van der Waals surface area contributed by atoms with Crippen LogP contribution in [0.5, 0.6) is 0 Å². The van der Waals surface area contributed by atoms with Gasteiger partial charge in [-0.1, -0.05) is 0 Å². The Balaban J connectivity index is 2.91. The van der Waals surface area contributed by atoms with Gasteiger partial charge in [-0.2, -0.15) is 0 Å². The summed E-state index contributed by atoms with van der Waals surface area (Å²) < 4.78 is 5.27. The highest BCUT2D eigenvalue weighted by Crippen LogP contribution is 2.42. The van der Waals surface area contributed by atoms with E-state index in [2.05, 4.69) is 0 Å². The number of ether oxygens (including phenoxy) is 1. The predicted molar refractivity (Wildman–Crippen MR) is 64.9 cm³/mol. The number of carboxylic acid groups (broad SMARTS) is 1. The first-order valence-electron chi connectivity index (χ1n) is 6.20. The second-order valence-electron chi connectivity index (χ2n) is 6.24. The monoisotopic (exact) mass is 258 g/mol. The lowest BCUT2D eigenvalue weighted by atomic mass is 9.66. The minimum Gasteiger partial charge on any atom is -0.481 e. The Morgan fingerprint density at radius 1 is 1.28 bits per heavy atom. The van der Waals surface area contributed by atoms with Crippen molar-refractivity contribution in [3.05, 3.63) is 0 Å². The van der Waals surface area contributed by atoms with Crippen LogP contribution in [-0.4, -0.2) is 33.9 Å². The summed E-state index contributed by atoms with van der Waals surface area (Å²) in [7, 11) is 0. The first kappa shape index (κ1) is 15.0. The second kappa shape index (κ2) is 4.88. The third-order valence-corrected chi connectivity index (χ3v) is 3.40. The molecule has 1 rings (SSSR count). The maximum Gasteiger partial charge on any atom is 0.310 e. The number of carbonyl (C=O) groups is 2. The van der Waals surface area contributed by atoms with E-state index in [1.807, 2.05) is 0 Å². The van der Waals surface area contributed by atoms with Gasteiger partial charge in [-0.25, -0.2) is 0 Å². The number of hydrogen-bond acceptors (Lipinski definition) is 4. The number of rotatable bonds is 2. The van der Waals surface area contributed by atoms with E-state index in [0.717, 1.165) is 0 Å². The lowest BCUT2D eigenvalue weighted by Gasteiger charge is -2.39. The molecule has 0 aliphatic heterocycles. The van der Waals surface area contributed by atoms with Crippen LogP contribution < -0.4 is 0 Å². The summed E-state index contributed by atoms with van der Waals surface area (Å²) in [4.78, 5) is 23.5. The molecule has 0 heterocycles. The van der Waals surface area contributed by atoms with Crippen molar-refractivity contribution in [1.29, 1.82) is 0 Å². The van der Waals surface area contributed by atoms with Crippen molar-refractivity contribution in [1.82, 2.24) is 0 Å². The molecule has 1 aliphatic carbocycles. The van der Waals surface area contributed by atoms with E-state index in [9.17, 15) is 19.8 Å². The van der Waals surface area contributed by atoms with E-state index in [1.165, 1.54) is 6.92 Å². The van der Waals surface area contributed by atoms with Gasteiger partial charge in [0.15, 0.2) is 0 Å². The highest BCUT2D eigenvalue weighted by molar-refractivity contribution is 5.84. The SMILES string of the molecule is CC(C)(C)OC(=O)[C@H]1CC[C@H](O)C[C@]1(C)C(=O)O. The van der Waals surface area contributed by atoms with Gasteiger partial charge in [-0.3, -0.25) is 9.59 Å². The normalized spacial score (nSPS) is 32.9. The molecule has 104 valence electrons. The molecule has 1 saturated carbocycles. The molecule has 0 bridgehead atoms. The molecule has 0 aromatic rings. The van der Waals surface area contributed by atoms with Gasteiger partial charge in [-0.05, 0) is 47.0 Å². The Bertz CT molecular complexity index is 344. The lowest BCUT2D eigenvalue weighted by Crippen LogP contribution is -2.48. The Hall–Kier alpha value is -1.10. The average molecular weight is 258 g/mol. The van der Waals surface area contributed by atoms with E-state index in [1.54, 1.807) is 20.8 Å². The maximum atomic E-state index is 12.1. The van der Waals surface area contributed by atoms with Crippen molar-refractivity contribution in [2.75, 3.05) is 0 Å². The smallest absolute Gasteiger partial charge is 0.310 e.